The first-order valence-corrected chi connectivity index (χ1v) is 8.19. The number of anilines is 3. The van der Waals surface area contributed by atoms with Gasteiger partial charge in [0, 0.05) is 23.5 Å². The van der Waals surface area contributed by atoms with Crippen molar-refractivity contribution < 1.29 is 19.1 Å². The van der Waals surface area contributed by atoms with Crippen molar-refractivity contribution in [3.05, 3.63) is 66.7 Å². The fraction of sp³-hybridized carbons (Fsp3) is 0.100. The minimum atomic E-state index is 0.435. The van der Waals surface area contributed by atoms with Gasteiger partial charge in [-0.1, -0.05) is 18.2 Å². The highest BCUT2D eigenvalue weighted by Gasteiger charge is 2.17. The largest absolute Gasteiger partial charge is 0.493 e. The van der Waals surface area contributed by atoms with E-state index in [4.69, 9.17) is 30.6 Å². The Balaban J connectivity index is 1.96. The van der Waals surface area contributed by atoms with Gasteiger partial charge in [0.25, 0.3) is 0 Å². The van der Waals surface area contributed by atoms with Crippen LogP contribution in [0.4, 0.5) is 17.1 Å². The molecule has 0 saturated heterocycles. The lowest BCUT2D eigenvalue weighted by atomic mass is 10.3. The summed E-state index contributed by atoms with van der Waals surface area (Å²) in [5.41, 5.74) is 13.4. The smallest absolute Gasteiger partial charge is 0.201 e. The average molecular weight is 367 g/mol. The third kappa shape index (κ3) is 4.27. The summed E-state index contributed by atoms with van der Waals surface area (Å²) in [6, 6.07) is 19.5. The topological polar surface area (TPSA) is 92.2 Å². The number of hydrogen-bond acceptors (Lipinski definition) is 7. The van der Waals surface area contributed by atoms with E-state index in [2.05, 4.69) is 0 Å². The Morgan fingerprint density at radius 2 is 1.11 bits per heavy atom. The van der Waals surface area contributed by atoms with E-state index in [9.17, 15) is 0 Å². The van der Waals surface area contributed by atoms with Crippen LogP contribution in [0.1, 0.15) is 0 Å². The Morgan fingerprint density at radius 1 is 0.630 bits per heavy atom. The lowest BCUT2D eigenvalue weighted by molar-refractivity contribution is 0.0677. The zero-order valence-corrected chi connectivity index (χ0v) is 15.1. The van der Waals surface area contributed by atoms with Gasteiger partial charge in [-0.15, -0.1) is 0 Å². The average Bonchev–Trinajstić information content (AvgIpc) is 2.70. The molecule has 27 heavy (non-hydrogen) atoms. The van der Waals surface area contributed by atoms with Crippen LogP contribution in [0, 0.1) is 0 Å². The molecule has 0 aliphatic carbocycles. The quantitative estimate of drug-likeness (QED) is 0.486. The van der Waals surface area contributed by atoms with Gasteiger partial charge in [0.05, 0.1) is 14.2 Å². The summed E-state index contributed by atoms with van der Waals surface area (Å²) >= 11 is 0. The normalized spacial score (nSPS) is 10.1. The molecule has 0 spiro atoms. The molecule has 4 N–H and O–H groups in total. The van der Waals surface area contributed by atoms with E-state index >= 15 is 0 Å². The van der Waals surface area contributed by atoms with Gasteiger partial charge < -0.3 is 30.6 Å². The molecule has 3 aromatic carbocycles. The van der Waals surface area contributed by atoms with Crippen molar-refractivity contribution >= 4 is 17.1 Å². The Bertz CT molecular complexity index is 847. The van der Waals surface area contributed by atoms with E-state index in [1.807, 2.05) is 30.3 Å². The molecule has 0 saturated carbocycles. The number of benzene rings is 3. The number of para-hydroxylation sites is 1. The number of ether oxygens (including phenoxy) is 2. The summed E-state index contributed by atoms with van der Waals surface area (Å²) in [7, 11) is 3.08. The lowest BCUT2D eigenvalue weighted by Gasteiger charge is -2.25. The predicted octanol–water partition coefficient (Wildman–Crippen LogP) is 3.66. The second-order valence-electron chi connectivity index (χ2n) is 5.60. The summed E-state index contributed by atoms with van der Waals surface area (Å²) in [6.07, 6.45) is 0. The van der Waals surface area contributed by atoms with Crippen LogP contribution in [0.3, 0.4) is 0 Å². The number of hydrogen-bond donors (Lipinski definition) is 2. The molecule has 0 unspecified atom stereocenters. The number of nitrogens with two attached hydrogens (primary N) is 2. The van der Waals surface area contributed by atoms with E-state index in [0.717, 1.165) is 0 Å². The van der Waals surface area contributed by atoms with E-state index in [1.54, 1.807) is 50.6 Å². The highest BCUT2D eigenvalue weighted by molar-refractivity contribution is 5.55. The van der Waals surface area contributed by atoms with Crippen molar-refractivity contribution in [3.63, 3.8) is 0 Å². The van der Waals surface area contributed by atoms with E-state index in [1.165, 1.54) is 5.23 Å². The standard InChI is InChI=1S/C20H21N3O4/c1-24-19-12-14(21)8-10-17(19)26-23(16-6-4-3-5-7-16)27-18-11-9-15(22)13-20(18)25-2/h3-13H,21-22H2,1-2H3. The monoisotopic (exact) mass is 367 g/mol. The maximum Gasteiger partial charge on any atom is 0.201 e. The molecule has 140 valence electrons. The fourth-order valence-corrected chi connectivity index (χ4v) is 2.37. The molecule has 0 radical (unpaired) electrons. The van der Waals surface area contributed by atoms with E-state index < -0.39 is 0 Å². The molecule has 0 fully saturated rings. The van der Waals surface area contributed by atoms with Crippen molar-refractivity contribution in [1.29, 1.82) is 0 Å². The molecule has 7 nitrogen and oxygen atoms in total. The van der Waals surface area contributed by atoms with E-state index in [-0.39, 0.29) is 0 Å². The van der Waals surface area contributed by atoms with Crippen LogP contribution in [-0.4, -0.2) is 14.2 Å². The summed E-state index contributed by atoms with van der Waals surface area (Å²) in [6.45, 7) is 0. The Labute approximate surface area is 157 Å². The molecule has 0 aliphatic rings. The van der Waals surface area contributed by atoms with Crippen molar-refractivity contribution in [1.82, 2.24) is 0 Å². The van der Waals surface area contributed by atoms with Crippen LogP contribution >= 0.6 is 0 Å². The first kappa shape index (κ1) is 18.1. The van der Waals surface area contributed by atoms with Gasteiger partial charge in [-0.2, -0.15) is 0 Å². The van der Waals surface area contributed by atoms with Gasteiger partial charge in [0.2, 0.25) is 11.5 Å². The number of methoxy groups -OCH3 is 2. The van der Waals surface area contributed by atoms with Gasteiger partial charge in [0.15, 0.2) is 11.5 Å². The zero-order valence-electron chi connectivity index (χ0n) is 15.1. The summed E-state index contributed by atoms with van der Waals surface area (Å²) in [4.78, 5) is 11.9. The molecule has 3 rings (SSSR count). The molecule has 0 aromatic heterocycles. The maximum absolute atomic E-state index is 5.95. The molecule has 0 aliphatic heterocycles. The van der Waals surface area contributed by atoms with Crippen molar-refractivity contribution in [2.75, 3.05) is 30.9 Å². The molecule has 7 heteroatoms. The minimum absolute atomic E-state index is 0.435. The first-order valence-electron chi connectivity index (χ1n) is 8.19. The zero-order chi connectivity index (χ0) is 19.2. The molecule has 0 heterocycles. The second kappa shape index (κ2) is 8.09. The molecule has 0 bridgehead atoms. The van der Waals surface area contributed by atoms with Crippen molar-refractivity contribution in [2.24, 2.45) is 0 Å². The Hall–Kier alpha value is -3.74. The highest BCUT2D eigenvalue weighted by Crippen LogP contribution is 2.34. The number of rotatable bonds is 7. The molecule has 0 amide bonds. The SMILES string of the molecule is COc1cc(N)ccc1ON(Oc1ccc(N)cc1OC)c1ccccc1. The minimum Gasteiger partial charge on any atom is -0.493 e. The lowest BCUT2D eigenvalue weighted by Crippen LogP contribution is -2.31. The van der Waals surface area contributed by atoms with Gasteiger partial charge in [0.1, 0.15) is 5.69 Å². The third-order valence-electron chi connectivity index (χ3n) is 3.70. The predicted molar refractivity (Wildman–Crippen MR) is 105 cm³/mol. The Morgan fingerprint density at radius 3 is 1.56 bits per heavy atom. The second-order valence-corrected chi connectivity index (χ2v) is 5.60. The molecular weight excluding hydrogens is 346 g/mol. The summed E-state index contributed by atoms with van der Waals surface area (Å²) < 4.78 is 10.7. The maximum atomic E-state index is 5.95. The van der Waals surface area contributed by atoms with Crippen LogP contribution in [0.2, 0.25) is 0 Å². The fourth-order valence-electron chi connectivity index (χ4n) is 2.37. The highest BCUT2D eigenvalue weighted by atomic mass is 17.0. The van der Waals surface area contributed by atoms with Gasteiger partial charge >= 0.3 is 0 Å². The first-order chi connectivity index (χ1) is 13.1. The van der Waals surface area contributed by atoms with Gasteiger partial charge in [-0.3, -0.25) is 0 Å². The van der Waals surface area contributed by atoms with Crippen molar-refractivity contribution in [2.45, 2.75) is 0 Å². The molecule has 3 aromatic rings. The van der Waals surface area contributed by atoms with E-state index in [0.29, 0.717) is 40.1 Å². The van der Waals surface area contributed by atoms with Gasteiger partial charge in [-0.05, 0) is 41.6 Å². The molecular formula is C20H21N3O4. The third-order valence-corrected chi connectivity index (χ3v) is 3.70. The van der Waals surface area contributed by atoms with Crippen LogP contribution < -0.4 is 35.8 Å². The van der Waals surface area contributed by atoms with Crippen LogP contribution in [0.5, 0.6) is 23.0 Å². The summed E-state index contributed by atoms with van der Waals surface area (Å²) in [5, 5.41) is 1.27. The van der Waals surface area contributed by atoms with Gasteiger partial charge in [-0.25, -0.2) is 0 Å². The Kier molecular flexibility index (Phi) is 5.41. The summed E-state index contributed by atoms with van der Waals surface area (Å²) in [5.74, 6) is 1.82. The van der Waals surface area contributed by atoms with Crippen LogP contribution in [-0.2, 0) is 0 Å². The van der Waals surface area contributed by atoms with Crippen LogP contribution in [0.15, 0.2) is 66.7 Å². The molecule has 0 atom stereocenters. The number of nitrogens with zero attached hydrogens (tertiary/aromatic N) is 1. The van der Waals surface area contributed by atoms with Crippen LogP contribution in [0.25, 0.3) is 0 Å². The van der Waals surface area contributed by atoms with Crippen molar-refractivity contribution in [3.8, 4) is 23.0 Å². The number of nitrogen functional groups attached to an aromatic ring is 2.